The van der Waals surface area contributed by atoms with E-state index in [2.05, 4.69) is 27.9 Å². The normalized spacial score (nSPS) is 15.3. The summed E-state index contributed by atoms with van der Waals surface area (Å²) in [6.07, 6.45) is 4.02. The lowest BCUT2D eigenvalue weighted by Crippen LogP contribution is -2.41. The van der Waals surface area contributed by atoms with Crippen LogP contribution < -0.4 is 16.0 Å². The summed E-state index contributed by atoms with van der Waals surface area (Å²) in [5.74, 6) is 1.14. The number of rotatable bonds is 10. The van der Waals surface area contributed by atoms with Gasteiger partial charge in [-0.25, -0.2) is 0 Å². The van der Waals surface area contributed by atoms with Crippen molar-refractivity contribution in [1.29, 1.82) is 0 Å². The largest absolute Gasteiger partial charge is 0.381 e. The molecule has 0 saturated carbocycles. The Hall–Kier alpha value is -2.12. The monoisotopic (exact) mass is 390 g/mol. The van der Waals surface area contributed by atoms with Gasteiger partial charge >= 0.3 is 0 Å². The summed E-state index contributed by atoms with van der Waals surface area (Å²) in [6, 6.07) is 7.88. The molecule has 28 heavy (non-hydrogen) atoms. The lowest BCUT2D eigenvalue weighted by Gasteiger charge is -2.21. The van der Waals surface area contributed by atoms with Crippen LogP contribution in [0.25, 0.3) is 0 Å². The molecular weight excluding hydrogens is 356 g/mol. The molecule has 1 aliphatic heterocycles. The standard InChI is InChI=1S/C21H34N4O3/c1-3-17-6-4-7-19(14-17)25-20(26)15-24-21(22-2)23-10-5-11-28-16-18-8-12-27-13-9-18/h4,6-7,14,18H,3,5,8-13,15-16H2,1-2H3,(H,25,26)(H2,22,23,24). The van der Waals surface area contributed by atoms with Crippen molar-refractivity contribution in [3.05, 3.63) is 29.8 Å². The van der Waals surface area contributed by atoms with Crippen molar-refractivity contribution >= 4 is 17.6 Å². The van der Waals surface area contributed by atoms with E-state index in [4.69, 9.17) is 9.47 Å². The Bertz CT molecular complexity index is 615. The molecule has 0 aromatic heterocycles. The fourth-order valence-corrected chi connectivity index (χ4v) is 3.00. The zero-order chi connectivity index (χ0) is 20.0. The van der Waals surface area contributed by atoms with Crippen molar-refractivity contribution in [3.8, 4) is 0 Å². The number of carbonyl (C=O) groups excluding carboxylic acids is 1. The van der Waals surface area contributed by atoms with E-state index in [1.807, 2.05) is 24.3 Å². The van der Waals surface area contributed by atoms with Crippen LogP contribution in [0.4, 0.5) is 5.69 Å². The third-order valence-corrected chi connectivity index (χ3v) is 4.71. The molecule has 1 aliphatic rings. The van der Waals surface area contributed by atoms with Crippen molar-refractivity contribution < 1.29 is 14.3 Å². The van der Waals surface area contributed by atoms with Gasteiger partial charge in [0.25, 0.3) is 0 Å². The Kier molecular flexibility index (Phi) is 10.4. The minimum atomic E-state index is -0.101. The maximum atomic E-state index is 12.1. The van der Waals surface area contributed by atoms with Crippen LogP contribution in [-0.2, 0) is 20.7 Å². The van der Waals surface area contributed by atoms with E-state index in [1.54, 1.807) is 7.05 Å². The summed E-state index contributed by atoms with van der Waals surface area (Å²) in [4.78, 5) is 16.3. The highest BCUT2D eigenvalue weighted by Crippen LogP contribution is 2.14. The van der Waals surface area contributed by atoms with Gasteiger partial charge in [0.05, 0.1) is 6.54 Å². The summed E-state index contributed by atoms with van der Waals surface area (Å²) >= 11 is 0. The fraction of sp³-hybridized carbons (Fsp3) is 0.619. The lowest BCUT2D eigenvalue weighted by molar-refractivity contribution is -0.115. The van der Waals surface area contributed by atoms with Gasteiger partial charge in [-0.2, -0.15) is 0 Å². The summed E-state index contributed by atoms with van der Waals surface area (Å²) in [6.45, 7) is 6.24. The van der Waals surface area contributed by atoms with Crippen LogP contribution in [0.3, 0.4) is 0 Å². The van der Waals surface area contributed by atoms with Crippen LogP contribution in [-0.4, -0.2) is 58.4 Å². The molecular formula is C21H34N4O3. The summed E-state index contributed by atoms with van der Waals surface area (Å²) in [5, 5.41) is 9.14. The van der Waals surface area contributed by atoms with Crippen molar-refractivity contribution in [3.63, 3.8) is 0 Å². The number of hydrogen-bond acceptors (Lipinski definition) is 4. The van der Waals surface area contributed by atoms with Crippen molar-refractivity contribution in [2.24, 2.45) is 10.9 Å². The number of anilines is 1. The number of hydrogen-bond donors (Lipinski definition) is 3. The average Bonchev–Trinajstić information content (AvgIpc) is 2.73. The molecule has 1 aromatic carbocycles. The summed E-state index contributed by atoms with van der Waals surface area (Å²) in [7, 11) is 1.69. The number of aliphatic imine (C=N–C) groups is 1. The summed E-state index contributed by atoms with van der Waals surface area (Å²) < 4.78 is 11.1. The highest BCUT2D eigenvalue weighted by atomic mass is 16.5. The minimum Gasteiger partial charge on any atom is -0.381 e. The molecule has 2 rings (SSSR count). The van der Waals surface area contributed by atoms with Crippen LogP contribution in [0, 0.1) is 5.92 Å². The number of amides is 1. The van der Waals surface area contributed by atoms with Gasteiger partial charge in [-0.1, -0.05) is 19.1 Å². The zero-order valence-electron chi connectivity index (χ0n) is 17.1. The predicted molar refractivity (Wildman–Crippen MR) is 113 cm³/mol. The first-order chi connectivity index (χ1) is 13.7. The van der Waals surface area contributed by atoms with Gasteiger partial charge in [0.1, 0.15) is 0 Å². The average molecular weight is 391 g/mol. The second-order valence-corrected chi connectivity index (χ2v) is 6.94. The smallest absolute Gasteiger partial charge is 0.243 e. The molecule has 0 unspecified atom stereocenters. The zero-order valence-corrected chi connectivity index (χ0v) is 17.1. The molecule has 7 nitrogen and oxygen atoms in total. The lowest BCUT2D eigenvalue weighted by atomic mass is 10.0. The second kappa shape index (κ2) is 13.1. The van der Waals surface area contributed by atoms with Crippen molar-refractivity contribution in [2.45, 2.75) is 32.6 Å². The quantitative estimate of drug-likeness (QED) is 0.324. The van der Waals surface area contributed by atoms with Gasteiger partial charge in [-0.15, -0.1) is 0 Å². The van der Waals surface area contributed by atoms with Gasteiger partial charge in [-0.05, 0) is 49.3 Å². The molecule has 1 aromatic rings. The number of aryl methyl sites for hydroxylation is 1. The molecule has 0 radical (unpaired) electrons. The van der Waals surface area contributed by atoms with E-state index in [1.165, 1.54) is 5.56 Å². The molecule has 0 bridgehead atoms. The molecule has 0 atom stereocenters. The predicted octanol–water partition coefficient (Wildman–Crippen LogP) is 2.19. The Morgan fingerprint density at radius 1 is 1.29 bits per heavy atom. The van der Waals surface area contributed by atoms with Gasteiger partial charge in [0, 0.05) is 45.7 Å². The number of nitrogens with one attached hydrogen (secondary N) is 3. The second-order valence-electron chi connectivity index (χ2n) is 6.94. The van der Waals surface area contributed by atoms with Crippen LogP contribution in [0.15, 0.2) is 29.3 Å². The Balaban J connectivity index is 1.55. The highest BCUT2D eigenvalue weighted by Gasteiger charge is 2.13. The Morgan fingerprint density at radius 2 is 2.11 bits per heavy atom. The van der Waals surface area contributed by atoms with Gasteiger partial charge in [0.15, 0.2) is 5.96 Å². The third-order valence-electron chi connectivity index (χ3n) is 4.71. The van der Waals surface area contributed by atoms with Gasteiger partial charge in [-0.3, -0.25) is 9.79 Å². The Morgan fingerprint density at radius 3 is 2.86 bits per heavy atom. The van der Waals surface area contributed by atoms with E-state index in [0.717, 1.165) is 64.3 Å². The van der Waals surface area contributed by atoms with E-state index < -0.39 is 0 Å². The molecule has 1 heterocycles. The molecule has 1 saturated heterocycles. The maximum absolute atomic E-state index is 12.1. The topological polar surface area (TPSA) is 84.0 Å². The molecule has 3 N–H and O–H groups in total. The number of nitrogens with zero attached hydrogens (tertiary/aromatic N) is 1. The third kappa shape index (κ3) is 8.71. The van der Waals surface area contributed by atoms with Crippen LogP contribution in [0.2, 0.25) is 0 Å². The van der Waals surface area contributed by atoms with Gasteiger partial charge < -0.3 is 25.4 Å². The summed E-state index contributed by atoms with van der Waals surface area (Å²) in [5.41, 5.74) is 2.01. The maximum Gasteiger partial charge on any atom is 0.243 e. The first-order valence-corrected chi connectivity index (χ1v) is 10.2. The van der Waals surface area contributed by atoms with Crippen molar-refractivity contribution in [1.82, 2.24) is 10.6 Å². The minimum absolute atomic E-state index is 0.101. The van der Waals surface area contributed by atoms with Crippen LogP contribution in [0.1, 0.15) is 31.7 Å². The molecule has 0 aliphatic carbocycles. The van der Waals surface area contributed by atoms with E-state index in [9.17, 15) is 4.79 Å². The van der Waals surface area contributed by atoms with E-state index in [-0.39, 0.29) is 12.5 Å². The van der Waals surface area contributed by atoms with Crippen LogP contribution >= 0.6 is 0 Å². The molecule has 0 spiro atoms. The molecule has 7 heteroatoms. The number of carbonyl (C=O) groups is 1. The number of benzene rings is 1. The molecule has 156 valence electrons. The van der Waals surface area contributed by atoms with Crippen LogP contribution in [0.5, 0.6) is 0 Å². The number of guanidine groups is 1. The first-order valence-electron chi connectivity index (χ1n) is 10.2. The SMILES string of the molecule is CCc1cccc(NC(=O)CNC(=NC)NCCCOCC2CCOCC2)c1. The number of ether oxygens (including phenoxy) is 2. The van der Waals surface area contributed by atoms with Crippen molar-refractivity contribution in [2.75, 3.05) is 51.9 Å². The highest BCUT2D eigenvalue weighted by molar-refractivity contribution is 5.95. The Labute approximate surface area is 168 Å². The van der Waals surface area contributed by atoms with E-state index >= 15 is 0 Å². The first kappa shape index (κ1) is 22.2. The molecule has 1 fully saturated rings. The van der Waals surface area contributed by atoms with Gasteiger partial charge in [0.2, 0.25) is 5.91 Å². The molecule has 1 amide bonds. The fourth-order valence-electron chi connectivity index (χ4n) is 3.00. The van der Waals surface area contributed by atoms with E-state index in [0.29, 0.717) is 11.9 Å².